The zero-order chi connectivity index (χ0) is 15.7. The lowest BCUT2D eigenvalue weighted by Gasteiger charge is -2.62. The average Bonchev–Trinajstić information content (AvgIpc) is 2.77. The first kappa shape index (κ1) is 15.2. The summed E-state index contributed by atoms with van der Waals surface area (Å²) < 4.78 is 0. The lowest BCUT2D eigenvalue weighted by atomic mass is 9.43. The van der Waals surface area contributed by atoms with Crippen LogP contribution in [-0.2, 0) is 4.79 Å². The van der Waals surface area contributed by atoms with Gasteiger partial charge < -0.3 is 5.11 Å². The van der Waals surface area contributed by atoms with Crippen LogP contribution in [0.15, 0.2) is 0 Å². The second-order valence-electron chi connectivity index (χ2n) is 9.50. The Balaban J connectivity index is 1.67. The molecule has 22 heavy (non-hydrogen) atoms. The highest BCUT2D eigenvalue weighted by atomic mass is 16.3. The molecule has 0 aromatic carbocycles. The molecular formula is C20H32O2. The van der Waals surface area contributed by atoms with Gasteiger partial charge in [-0.25, -0.2) is 0 Å². The van der Waals surface area contributed by atoms with E-state index in [4.69, 9.17) is 0 Å². The molecule has 4 saturated carbocycles. The van der Waals surface area contributed by atoms with Crippen molar-refractivity contribution in [2.24, 2.45) is 40.4 Å². The molecular weight excluding hydrogens is 272 g/mol. The molecule has 2 nitrogen and oxygen atoms in total. The van der Waals surface area contributed by atoms with Gasteiger partial charge in [0.25, 0.3) is 0 Å². The molecule has 4 aliphatic rings. The van der Waals surface area contributed by atoms with E-state index in [0.717, 1.165) is 37.0 Å². The number of fused-ring (bicyclic) bond motifs is 5. The number of aliphatic hydroxyl groups is 1. The molecule has 0 radical (unpaired) electrons. The Morgan fingerprint density at radius 1 is 1.00 bits per heavy atom. The van der Waals surface area contributed by atoms with Crippen LogP contribution in [0.1, 0.15) is 72.1 Å². The summed E-state index contributed by atoms with van der Waals surface area (Å²) in [5.41, 5.74) is 0.545. The van der Waals surface area contributed by atoms with Gasteiger partial charge in [0.2, 0.25) is 0 Å². The number of hydrogen-bond acceptors (Lipinski definition) is 2. The van der Waals surface area contributed by atoms with Crippen molar-refractivity contribution in [3.05, 3.63) is 0 Å². The van der Waals surface area contributed by atoms with E-state index in [0.29, 0.717) is 23.0 Å². The zero-order valence-electron chi connectivity index (χ0n) is 14.5. The van der Waals surface area contributed by atoms with Crippen LogP contribution in [0.3, 0.4) is 0 Å². The molecule has 0 aliphatic heterocycles. The van der Waals surface area contributed by atoms with Crippen molar-refractivity contribution in [3.63, 3.8) is 0 Å². The van der Waals surface area contributed by atoms with Gasteiger partial charge in [-0.15, -0.1) is 0 Å². The predicted octanol–water partition coefficient (Wildman–Crippen LogP) is 4.21. The van der Waals surface area contributed by atoms with Gasteiger partial charge in [0.05, 0.1) is 6.10 Å². The monoisotopic (exact) mass is 304 g/mol. The third-order valence-electron chi connectivity index (χ3n) is 8.98. The smallest absolute Gasteiger partial charge is 0.133 e. The minimum Gasteiger partial charge on any atom is -0.393 e. The van der Waals surface area contributed by atoms with E-state index >= 15 is 0 Å². The molecule has 0 bridgehead atoms. The molecule has 0 aromatic heterocycles. The highest BCUT2D eigenvalue weighted by Crippen LogP contribution is 2.66. The van der Waals surface area contributed by atoms with E-state index in [9.17, 15) is 9.90 Å². The zero-order valence-corrected chi connectivity index (χ0v) is 14.5. The Kier molecular flexibility index (Phi) is 3.32. The fourth-order valence-electron chi connectivity index (χ4n) is 7.45. The van der Waals surface area contributed by atoms with E-state index in [1.807, 2.05) is 0 Å². The molecule has 1 N–H and O–H groups in total. The minimum absolute atomic E-state index is 0.0747. The van der Waals surface area contributed by atoms with Crippen LogP contribution in [-0.4, -0.2) is 17.0 Å². The topological polar surface area (TPSA) is 37.3 Å². The molecule has 8 atom stereocenters. The van der Waals surface area contributed by atoms with Gasteiger partial charge in [0.1, 0.15) is 5.78 Å². The number of aliphatic hydroxyl groups excluding tert-OH is 1. The maximum atomic E-state index is 12.1. The lowest BCUT2D eigenvalue weighted by Crippen LogP contribution is -2.56. The molecule has 0 unspecified atom stereocenters. The van der Waals surface area contributed by atoms with Crippen LogP contribution in [0, 0.1) is 40.4 Å². The largest absolute Gasteiger partial charge is 0.393 e. The second-order valence-corrected chi connectivity index (χ2v) is 9.50. The molecule has 0 aromatic rings. The summed E-state index contributed by atoms with van der Waals surface area (Å²) in [6.45, 7) is 7.21. The van der Waals surface area contributed by atoms with Gasteiger partial charge >= 0.3 is 0 Å². The standard InChI is InChI=1S/C20H32O2/c1-12-10-14(21)11-13-4-5-15-16-6-7-18(22)19(16,2)9-8-17(15)20(12,13)3/h12-13,15-18,22H,4-11H2,1-3H3/t12-,13-,15+,16+,17-,18+,19+,20-/m1/s1. The highest BCUT2D eigenvalue weighted by Gasteiger charge is 2.61. The summed E-state index contributed by atoms with van der Waals surface area (Å²) in [5, 5.41) is 10.5. The first-order chi connectivity index (χ1) is 10.4. The lowest BCUT2D eigenvalue weighted by molar-refractivity contribution is -0.154. The van der Waals surface area contributed by atoms with Crippen LogP contribution in [0.4, 0.5) is 0 Å². The van der Waals surface area contributed by atoms with Crippen molar-refractivity contribution in [3.8, 4) is 0 Å². The fourth-order valence-corrected chi connectivity index (χ4v) is 7.45. The SMILES string of the molecule is C[C@@H]1CC(=O)C[C@H]2CC[C@@H]3[C@@H](CC[C@]4(C)[C@@H](O)CC[C@@H]34)[C@@]21C. The van der Waals surface area contributed by atoms with Crippen LogP contribution in [0.2, 0.25) is 0 Å². The molecule has 0 spiro atoms. The van der Waals surface area contributed by atoms with Gasteiger partial charge in [-0.2, -0.15) is 0 Å². The summed E-state index contributed by atoms with van der Waals surface area (Å²) in [4.78, 5) is 12.1. The van der Waals surface area contributed by atoms with Crippen molar-refractivity contribution in [1.82, 2.24) is 0 Å². The second kappa shape index (κ2) is 4.82. The molecule has 0 heterocycles. The molecule has 0 amide bonds. The van der Waals surface area contributed by atoms with Gasteiger partial charge in [-0.3, -0.25) is 4.79 Å². The van der Waals surface area contributed by atoms with Crippen molar-refractivity contribution >= 4 is 5.78 Å². The quantitative estimate of drug-likeness (QED) is 0.728. The Morgan fingerprint density at radius 3 is 2.55 bits per heavy atom. The van der Waals surface area contributed by atoms with E-state index in [-0.39, 0.29) is 11.5 Å². The summed E-state index contributed by atoms with van der Waals surface area (Å²) in [6.07, 6.45) is 8.84. The number of carbonyl (C=O) groups excluding carboxylic acids is 1. The average molecular weight is 304 g/mol. The molecule has 2 heteroatoms. The number of hydrogen-bond donors (Lipinski definition) is 1. The molecule has 4 aliphatic carbocycles. The van der Waals surface area contributed by atoms with Crippen molar-refractivity contribution in [2.45, 2.75) is 78.2 Å². The first-order valence-electron chi connectivity index (χ1n) is 9.57. The van der Waals surface area contributed by atoms with Gasteiger partial charge in [-0.05, 0) is 78.9 Å². The van der Waals surface area contributed by atoms with Gasteiger partial charge in [-0.1, -0.05) is 20.8 Å². The fraction of sp³-hybridized carbons (Fsp3) is 0.950. The third-order valence-corrected chi connectivity index (χ3v) is 8.98. The normalized spacial score (nSPS) is 57.9. The maximum Gasteiger partial charge on any atom is 0.133 e. The van der Waals surface area contributed by atoms with E-state index in [1.54, 1.807) is 0 Å². The molecule has 124 valence electrons. The van der Waals surface area contributed by atoms with Crippen LogP contribution < -0.4 is 0 Å². The number of Topliss-reactive ketones (excluding diaryl/α,β-unsaturated/α-hetero) is 1. The van der Waals surface area contributed by atoms with Crippen molar-refractivity contribution in [2.75, 3.05) is 0 Å². The Morgan fingerprint density at radius 2 is 1.77 bits per heavy atom. The predicted molar refractivity (Wildman–Crippen MR) is 87.3 cm³/mol. The minimum atomic E-state index is -0.0747. The van der Waals surface area contributed by atoms with Gasteiger partial charge in [0.15, 0.2) is 0 Å². The Hall–Kier alpha value is -0.370. The molecule has 4 fully saturated rings. The van der Waals surface area contributed by atoms with Crippen LogP contribution in [0.25, 0.3) is 0 Å². The number of rotatable bonds is 0. The van der Waals surface area contributed by atoms with E-state index < -0.39 is 0 Å². The van der Waals surface area contributed by atoms with Crippen LogP contribution in [0.5, 0.6) is 0 Å². The number of ketones is 1. The Labute approximate surface area is 135 Å². The third kappa shape index (κ3) is 1.79. The summed E-state index contributed by atoms with van der Waals surface area (Å²) in [5.74, 6) is 3.99. The highest BCUT2D eigenvalue weighted by molar-refractivity contribution is 5.80. The first-order valence-corrected chi connectivity index (χ1v) is 9.57. The van der Waals surface area contributed by atoms with E-state index in [2.05, 4.69) is 20.8 Å². The maximum absolute atomic E-state index is 12.1. The molecule has 4 rings (SSSR count). The molecule has 0 saturated heterocycles. The summed E-state index contributed by atoms with van der Waals surface area (Å²) >= 11 is 0. The summed E-state index contributed by atoms with van der Waals surface area (Å²) in [6, 6.07) is 0. The van der Waals surface area contributed by atoms with E-state index in [1.165, 1.54) is 32.1 Å². The Bertz CT molecular complexity index is 486. The van der Waals surface area contributed by atoms with Crippen molar-refractivity contribution in [1.29, 1.82) is 0 Å². The summed E-state index contributed by atoms with van der Waals surface area (Å²) in [7, 11) is 0. The van der Waals surface area contributed by atoms with Gasteiger partial charge in [0, 0.05) is 12.8 Å². The van der Waals surface area contributed by atoms with Crippen LogP contribution >= 0.6 is 0 Å². The van der Waals surface area contributed by atoms with Crippen molar-refractivity contribution < 1.29 is 9.90 Å². The number of carbonyl (C=O) groups is 1.